The molecule has 35 heavy (non-hydrogen) atoms. The van der Waals surface area contributed by atoms with Crippen molar-refractivity contribution in [3.8, 4) is 5.75 Å². The summed E-state index contributed by atoms with van der Waals surface area (Å²) in [6.45, 7) is 4.95. The van der Waals surface area contributed by atoms with Crippen molar-refractivity contribution < 1.29 is 14.6 Å². The highest BCUT2D eigenvalue weighted by Gasteiger charge is 2.31. The summed E-state index contributed by atoms with van der Waals surface area (Å²) in [5.74, 6) is 1.31. The number of benzene rings is 3. The normalized spacial score (nSPS) is 16.5. The second kappa shape index (κ2) is 16.0. The maximum absolute atomic E-state index is 12.0. The Morgan fingerprint density at radius 2 is 1.63 bits per heavy atom. The number of aliphatic hydroxyl groups is 1. The predicted molar refractivity (Wildman–Crippen MR) is 147 cm³/mol. The van der Waals surface area contributed by atoms with E-state index >= 15 is 0 Å². The van der Waals surface area contributed by atoms with E-state index in [-0.39, 0.29) is 11.9 Å². The van der Waals surface area contributed by atoms with Gasteiger partial charge < -0.3 is 15.2 Å². The molecule has 0 saturated carbocycles. The molecule has 3 aromatic carbocycles. The standard InChI is InChI=1S/C15H22N2O2S.C7H8O.C7H8/c1-10(9-16-20)6-7-14(19)17-15-12-5-3-2-4-11(12)8-13(15)18;1-8-7-5-3-2-4-6-7;1-7-5-3-2-4-6-7/h2-5,10,13,15-16,18,20H,6-9H2,1H3,(H,17,19);2-6H,1H3;2-6H,1H3. The van der Waals surface area contributed by atoms with Crippen LogP contribution in [0.5, 0.6) is 5.75 Å². The summed E-state index contributed by atoms with van der Waals surface area (Å²) in [5, 5.41) is 13.0. The zero-order chi connectivity index (χ0) is 25.5. The number of carbonyl (C=O) groups excluding carboxylic acids is 1. The van der Waals surface area contributed by atoms with E-state index in [2.05, 4.69) is 48.8 Å². The molecular weight excluding hydrogens is 456 g/mol. The second-order valence-electron chi connectivity index (χ2n) is 8.69. The largest absolute Gasteiger partial charge is 0.497 e. The van der Waals surface area contributed by atoms with E-state index < -0.39 is 6.10 Å². The molecule has 3 unspecified atom stereocenters. The van der Waals surface area contributed by atoms with E-state index in [1.54, 1.807) is 7.11 Å². The average Bonchev–Trinajstić information content (AvgIpc) is 3.19. The Kier molecular flexibility index (Phi) is 13.0. The molecular formula is C29H38N2O3S. The van der Waals surface area contributed by atoms with Crippen LogP contribution in [0.3, 0.4) is 0 Å². The quantitative estimate of drug-likeness (QED) is 0.336. The molecule has 3 N–H and O–H groups in total. The first-order chi connectivity index (χ1) is 16.9. The van der Waals surface area contributed by atoms with Crippen LogP contribution in [0.1, 0.15) is 42.5 Å². The highest BCUT2D eigenvalue weighted by Crippen LogP contribution is 2.31. The molecule has 0 radical (unpaired) electrons. The van der Waals surface area contributed by atoms with Crippen molar-refractivity contribution in [2.75, 3.05) is 13.7 Å². The van der Waals surface area contributed by atoms with Gasteiger partial charge in [0.25, 0.3) is 0 Å². The molecule has 0 spiro atoms. The molecule has 5 nitrogen and oxygen atoms in total. The maximum atomic E-state index is 12.0. The SMILES string of the molecule is CC(CCC(=O)NC1c2ccccc2CC1O)CNS.COc1ccccc1.Cc1ccccc1. The molecule has 188 valence electrons. The maximum Gasteiger partial charge on any atom is 0.220 e. The van der Waals surface area contributed by atoms with E-state index in [1.165, 1.54) is 5.56 Å². The lowest BCUT2D eigenvalue weighted by molar-refractivity contribution is -0.122. The van der Waals surface area contributed by atoms with Gasteiger partial charge in [0.15, 0.2) is 0 Å². The molecule has 0 saturated heterocycles. The van der Waals surface area contributed by atoms with Crippen LogP contribution in [-0.2, 0) is 11.2 Å². The van der Waals surface area contributed by atoms with E-state index in [9.17, 15) is 9.90 Å². The van der Waals surface area contributed by atoms with Crippen LogP contribution in [0.25, 0.3) is 0 Å². The molecule has 0 aliphatic heterocycles. The van der Waals surface area contributed by atoms with Crippen LogP contribution in [0, 0.1) is 12.8 Å². The van der Waals surface area contributed by atoms with Crippen LogP contribution in [0.2, 0.25) is 0 Å². The van der Waals surface area contributed by atoms with Crippen LogP contribution in [0.4, 0.5) is 0 Å². The lowest BCUT2D eigenvalue weighted by Gasteiger charge is -2.18. The van der Waals surface area contributed by atoms with Crippen LogP contribution in [-0.4, -0.2) is 30.8 Å². The number of rotatable bonds is 7. The number of fused-ring (bicyclic) bond motifs is 1. The predicted octanol–water partition coefficient (Wildman–Crippen LogP) is 5.30. The third kappa shape index (κ3) is 10.6. The summed E-state index contributed by atoms with van der Waals surface area (Å²) in [6, 6.07) is 27.6. The summed E-state index contributed by atoms with van der Waals surface area (Å²) in [4.78, 5) is 12.0. The van der Waals surface area contributed by atoms with Crippen molar-refractivity contribution in [1.82, 2.24) is 10.0 Å². The first-order valence-electron chi connectivity index (χ1n) is 12.0. The zero-order valence-electron chi connectivity index (χ0n) is 20.9. The minimum atomic E-state index is -0.520. The van der Waals surface area contributed by atoms with Crippen molar-refractivity contribution in [1.29, 1.82) is 0 Å². The molecule has 6 heteroatoms. The highest BCUT2D eigenvalue weighted by molar-refractivity contribution is 7.78. The van der Waals surface area contributed by atoms with Gasteiger partial charge in [0.05, 0.1) is 19.3 Å². The van der Waals surface area contributed by atoms with Gasteiger partial charge in [-0.25, -0.2) is 0 Å². The summed E-state index contributed by atoms with van der Waals surface area (Å²) in [6.07, 6.45) is 1.38. The molecule has 1 amide bonds. The molecule has 0 aromatic heterocycles. The van der Waals surface area contributed by atoms with Gasteiger partial charge in [0.2, 0.25) is 5.91 Å². The Morgan fingerprint density at radius 3 is 2.17 bits per heavy atom. The van der Waals surface area contributed by atoms with Gasteiger partial charge in [-0.3, -0.25) is 9.52 Å². The van der Waals surface area contributed by atoms with Crippen molar-refractivity contribution in [2.24, 2.45) is 5.92 Å². The fourth-order valence-corrected chi connectivity index (χ4v) is 4.03. The molecule has 0 fully saturated rings. The minimum absolute atomic E-state index is 0.00299. The number of ether oxygens (including phenoxy) is 1. The summed E-state index contributed by atoms with van der Waals surface area (Å²) >= 11 is 3.96. The summed E-state index contributed by atoms with van der Waals surface area (Å²) < 4.78 is 7.72. The van der Waals surface area contributed by atoms with Crippen molar-refractivity contribution >= 4 is 18.7 Å². The minimum Gasteiger partial charge on any atom is -0.497 e. The lowest BCUT2D eigenvalue weighted by Crippen LogP contribution is -2.34. The molecule has 0 heterocycles. The number of aryl methyl sites for hydroxylation is 1. The number of hydrogen-bond acceptors (Lipinski definition) is 5. The van der Waals surface area contributed by atoms with E-state index in [0.29, 0.717) is 18.8 Å². The summed E-state index contributed by atoms with van der Waals surface area (Å²) in [5.41, 5.74) is 3.49. The number of carbonyl (C=O) groups is 1. The number of nitrogens with one attached hydrogen (secondary N) is 2. The second-order valence-corrected chi connectivity index (χ2v) is 9.01. The van der Waals surface area contributed by atoms with Gasteiger partial charge >= 0.3 is 0 Å². The molecule has 1 aliphatic carbocycles. The smallest absolute Gasteiger partial charge is 0.220 e. The van der Waals surface area contributed by atoms with Gasteiger partial charge in [-0.05, 0) is 42.5 Å². The van der Waals surface area contributed by atoms with E-state index in [4.69, 9.17) is 4.74 Å². The molecule has 3 atom stereocenters. The molecule has 3 aromatic rings. The molecule has 1 aliphatic rings. The Morgan fingerprint density at radius 1 is 1.03 bits per heavy atom. The Bertz CT molecular complexity index is 985. The number of thiol groups is 1. The third-order valence-electron chi connectivity index (χ3n) is 5.74. The number of hydrogen-bond donors (Lipinski definition) is 4. The van der Waals surface area contributed by atoms with E-state index in [0.717, 1.165) is 29.8 Å². The lowest BCUT2D eigenvalue weighted by atomic mass is 10.0. The highest BCUT2D eigenvalue weighted by atomic mass is 32.1. The fraction of sp³-hybridized carbons (Fsp3) is 0.345. The monoisotopic (exact) mass is 494 g/mol. The first-order valence-corrected chi connectivity index (χ1v) is 12.4. The van der Waals surface area contributed by atoms with Gasteiger partial charge in [0, 0.05) is 19.4 Å². The van der Waals surface area contributed by atoms with Crippen LogP contribution < -0.4 is 14.8 Å². The number of aliphatic hydroxyl groups excluding tert-OH is 1. The first kappa shape index (κ1) is 28.4. The van der Waals surface area contributed by atoms with E-state index in [1.807, 2.05) is 72.8 Å². The topological polar surface area (TPSA) is 70.6 Å². The van der Waals surface area contributed by atoms with Gasteiger partial charge in [-0.2, -0.15) is 0 Å². The average molecular weight is 495 g/mol. The zero-order valence-corrected chi connectivity index (χ0v) is 21.7. The van der Waals surface area contributed by atoms with Crippen molar-refractivity contribution in [2.45, 2.75) is 45.3 Å². The Hall–Kier alpha value is -2.80. The number of para-hydroxylation sites is 1. The molecule has 0 bridgehead atoms. The van der Waals surface area contributed by atoms with Crippen LogP contribution >= 0.6 is 12.8 Å². The Labute approximate surface area is 215 Å². The number of methoxy groups -OCH3 is 1. The van der Waals surface area contributed by atoms with Gasteiger partial charge in [-0.15, -0.1) is 0 Å². The van der Waals surface area contributed by atoms with Crippen LogP contribution in [0.15, 0.2) is 84.9 Å². The van der Waals surface area contributed by atoms with Gasteiger partial charge in [-0.1, -0.05) is 98.1 Å². The molecule has 4 rings (SSSR count). The van der Waals surface area contributed by atoms with Crippen molar-refractivity contribution in [3.05, 3.63) is 102 Å². The van der Waals surface area contributed by atoms with Gasteiger partial charge in [0.1, 0.15) is 5.75 Å². The Balaban J connectivity index is 0.000000234. The fourth-order valence-electron chi connectivity index (χ4n) is 3.72. The number of amides is 1. The third-order valence-corrected chi connectivity index (χ3v) is 5.93. The summed E-state index contributed by atoms with van der Waals surface area (Å²) in [7, 11) is 1.66. The van der Waals surface area contributed by atoms with Crippen molar-refractivity contribution in [3.63, 3.8) is 0 Å².